The Labute approximate surface area is 112 Å². The van der Waals surface area contributed by atoms with E-state index in [1.807, 2.05) is 24.3 Å². The number of rotatable bonds is 3. The van der Waals surface area contributed by atoms with Crippen molar-refractivity contribution in [3.63, 3.8) is 0 Å². The van der Waals surface area contributed by atoms with Gasteiger partial charge in [-0.25, -0.2) is 9.97 Å². The van der Waals surface area contributed by atoms with Crippen LogP contribution < -0.4 is 4.90 Å². The highest BCUT2D eigenvalue weighted by atomic mass is 16.1. The second-order valence-corrected chi connectivity index (χ2v) is 4.71. The van der Waals surface area contributed by atoms with E-state index >= 15 is 0 Å². The molecule has 0 spiro atoms. The lowest BCUT2D eigenvalue weighted by Gasteiger charge is -2.30. The number of aromatic nitrogens is 2. The van der Waals surface area contributed by atoms with Gasteiger partial charge in [-0.2, -0.15) is 0 Å². The molecule has 0 aliphatic carbocycles. The largest absolute Gasteiger partial charge is 0.341 e. The molecule has 2 aromatic rings. The van der Waals surface area contributed by atoms with Crippen molar-refractivity contribution >= 4 is 11.7 Å². The first-order chi connectivity index (χ1) is 9.25. The Morgan fingerprint density at radius 1 is 1.16 bits per heavy atom. The van der Waals surface area contributed by atoms with Gasteiger partial charge >= 0.3 is 0 Å². The summed E-state index contributed by atoms with van der Waals surface area (Å²) in [7, 11) is 0. The number of hydrogen-bond donors (Lipinski definition) is 0. The molecular formula is C15H15N3O. The van der Waals surface area contributed by atoms with Crippen molar-refractivity contribution < 1.29 is 4.79 Å². The molecule has 0 N–H and O–H groups in total. The number of nitrogens with zero attached hydrogens (tertiary/aromatic N) is 3. The predicted molar refractivity (Wildman–Crippen MR) is 74.3 cm³/mol. The van der Waals surface area contributed by atoms with Gasteiger partial charge in [0.25, 0.3) is 0 Å². The maximum absolute atomic E-state index is 11.6. The molecule has 4 heteroatoms. The Morgan fingerprint density at radius 2 is 1.84 bits per heavy atom. The standard InChI is InChI=1S/C15H15N3O/c1-11(19)13-5-2-3-6-14(13)12-9-16-15(17-10-12)18-7-4-8-18/h2-3,5-6,9-10H,4,7-8H2,1H3. The molecule has 1 saturated heterocycles. The van der Waals surface area contributed by atoms with Gasteiger partial charge in [0, 0.05) is 36.6 Å². The smallest absolute Gasteiger partial charge is 0.225 e. The summed E-state index contributed by atoms with van der Waals surface area (Å²) in [6.45, 7) is 3.64. The number of anilines is 1. The summed E-state index contributed by atoms with van der Waals surface area (Å²) >= 11 is 0. The van der Waals surface area contributed by atoms with Crippen LogP contribution in [0.4, 0.5) is 5.95 Å². The third-order valence-corrected chi connectivity index (χ3v) is 3.39. The van der Waals surface area contributed by atoms with Crippen LogP contribution in [0.3, 0.4) is 0 Å². The molecule has 0 saturated carbocycles. The summed E-state index contributed by atoms with van der Waals surface area (Å²) in [5, 5.41) is 0. The van der Waals surface area contributed by atoms with Crippen LogP contribution in [-0.2, 0) is 0 Å². The summed E-state index contributed by atoms with van der Waals surface area (Å²) in [6.07, 6.45) is 4.79. The van der Waals surface area contributed by atoms with Gasteiger partial charge in [0.05, 0.1) is 0 Å². The van der Waals surface area contributed by atoms with E-state index < -0.39 is 0 Å². The highest BCUT2D eigenvalue weighted by molar-refractivity contribution is 6.00. The maximum Gasteiger partial charge on any atom is 0.225 e. The van der Waals surface area contributed by atoms with Crippen LogP contribution in [0.15, 0.2) is 36.7 Å². The molecule has 4 nitrogen and oxygen atoms in total. The van der Waals surface area contributed by atoms with Crippen LogP contribution in [0.2, 0.25) is 0 Å². The Kier molecular flexibility index (Phi) is 2.99. The summed E-state index contributed by atoms with van der Waals surface area (Å²) < 4.78 is 0. The van der Waals surface area contributed by atoms with Gasteiger partial charge in [-0.3, -0.25) is 4.79 Å². The first-order valence-electron chi connectivity index (χ1n) is 6.43. The molecule has 0 amide bonds. The molecule has 1 fully saturated rings. The molecule has 3 rings (SSSR count). The van der Waals surface area contributed by atoms with Crippen molar-refractivity contribution in [1.29, 1.82) is 0 Å². The van der Waals surface area contributed by atoms with E-state index in [0.29, 0.717) is 5.56 Å². The number of hydrogen-bond acceptors (Lipinski definition) is 4. The highest BCUT2D eigenvalue weighted by Gasteiger charge is 2.17. The van der Waals surface area contributed by atoms with Crippen LogP contribution in [0, 0.1) is 0 Å². The normalized spacial score (nSPS) is 14.1. The van der Waals surface area contributed by atoms with Crippen LogP contribution in [0.1, 0.15) is 23.7 Å². The zero-order chi connectivity index (χ0) is 13.2. The molecule has 1 aromatic carbocycles. The Balaban J connectivity index is 1.95. The number of Topliss-reactive ketones (excluding diaryl/α,β-unsaturated/α-hetero) is 1. The van der Waals surface area contributed by atoms with Crippen LogP contribution in [0.25, 0.3) is 11.1 Å². The average Bonchev–Trinajstić information content (AvgIpc) is 2.37. The van der Waals surface area contributed by atoms with E-state index in [-0.39, 0.29) is 5.78 Å². The lowest BCUT2D eigenvalue weighted by molar-refractivity contribution is 0.101. The van der Waals surface area contributed by atoms with Crippen molar-refractivity contribution in [3.05, 3.63) is 42.2 Å². The molecule has 1 aromatic heterocycles. The topological polar surface area (TPSA) is 46.1 Å². The first kappa shape index (κ1) is 11.8. The Bertz CT molecular complexity index is 603. The quantitative estimate of drug-likeness (QED) is 0.789. The van der Waals surface area contributed by atoms with Gasteiger partial charge in [0.2, 0.25) is 5.95 Å². The minimum atomic E-state index is 0.0578. The zero-order valence-corrected chi connectivity index (χ0v) is 10.8. The molecule has 0 atom stereocenters. The molecular weight excluding hydrogens is 238 g/mol. The minimum absolute atomic E-state index is 0.0578. The Morgan fingerprint density at radius 3 is 2.42 bits per heavy atom. The second-order valence-electron chi connectivity index (χ2n) is 4.71. The summed E-state index contributed by atoms with van der Waals surface area (Å²) in [4.78, 5) is 22.5. The van der Waals surface area contributed by atoms with Gasteiger partial charge in [0.15, 0.2) is 5.78 Å². The fourth-order valence-electron chi connectivity index (χ4n) is 2.18. The summed E-state index contributed by atoms with van der Waals surface area (Å²) in [6, 6.07) is 7.56. The van der Waals surface area contributed by atoms with Gasteiger partial charge in [0.1, 0.15) is 0 Å². The van der Waals surface area contributed by atoms with E-state index in [2.05, 4.69) is 14.9 Å². The van der Waals surface area contributed by atoms with Gasteiger partial charge in [-0.15, -0.1) is 0 Å². The molecule has 0 bridgehead atoms. The number of carbonyl (C=O) groups excluding carboxylic acids is 1. The molecule has 0 radical (unpaired) electrons. The maximum atomic E-state index is 11.6. The second kappa shape index (κ2) is 4.80. The molecule has 2 heterocycles. The third-order valence-electron chi connectivity index (χ3n) is 3.39. The van der Waals surface area contributed by atoms with Crippen LogP contribution in [0.5, 0.6) is 0 Å². The van der Waals surface area contributed by atoms with Crippen molar-refractivity contribution in [1.82, 2.24) is 9.97 Å². The molecule has 96 valence electrons. The molecule has 19 heavy (non-hydrogen) atoms. The van der Waals surface area contributed by atoms with Crippen molar-refractivity contribution in [3.8, 4) is 11.1 Å². The van der Waals surface area contributed by atoms with Crippen LogP contribution >= 0.6 is 0 Å². The Hall–Kier alpha value is -2.23. The number of ketones is 1. The van der Waals surface area contributed by atoms with E-state index in [1.165, 1.54) is 6.42 Å². The molecule has 0 unspecified atom stereocenters. The van der Waals surface area contributed by atoms with Gasteiger partial charge in [-0.1, -0.05) is 24.3 Å². The third kappa shape index (κ3) is 2.21. The van der Waals surface area contributed by atoms with E-state index in [1.54, 1.807) is 19.3 Å². The molecule has 1 aliphatic heterocycles. The average molecular weight is 253 g/mol. The fraction of sp³-hybridized carbons (Fsp3) is 0.267. The summed E-state index contributed by atoms with van der Waals surface area (Å²) in [5.74, 6) is 0.831. The number of carbonyl (C=O) groups is 1. The zero-order valence-electron chi connectivity index (χ0n) is 10.8. The first-order valence-corrected chi connectivity index (χ1v) is 6.43. The monoisotopic (exact) mass is 253 g/mol. The lowest BCUT2D eigenvalue weighted by atomic mass is 10.00. The van der Waals surface area contributed by atoms with E-state index in [9.17, 15) is 4.79 Å². The highest BCUT2D eigenvalue weighted by Crippen LogP contribution is 2.24. The van der Waals surface area contributed by atoms with Crippen LogP contribution in [-0.4, -0.2) is 28.8 Å². The van der Waals surface area contributed by atoms with E-state index in [4.69, 9.17) is 0 Å². The van der Waals surface area contributed by atoms with Crippen molar-refractivity contribution in [2.75, 3.05) is 18.0 Å². The minimum Gasteiger partial charge on any atom is -0.341 e. The van der Waals surface area contributed by atoms with Crippen molar-refractivity contribution in [2.24, 2.45) is 0 Å². The van der Waals surface area contributed by atoms with Gasteiger partial charge < -0.3 is 4.90 Å². The fourth-order valence-corrected chi connectivity index (χ4v) is 2.18. The van der Waals surface area contributed by atoms with Crippen molar-refractivity contribution in [2.45, 2.75) is 13.3 Å². The molecule has 1 aliphatic rings. The predicted octanol–water partition coefficient (Wildman–Crippen LogP) is 2.56. The van der Waals surface area contributed by atoms with E-state index in [0.717, 1.165) is 30.2 Å². The van der Waals surface area contributed by atoms with Gasteiger partial charge in [-0.05, 0) is 18.9 Å². The summed E-state index contributed by atoms with van der Waals surface area (Å²) in [5.41, 5.74) is 2.49. The number of benzene rings is 1. The lowest BCUT2D eigenvalue weighted by Crippen LogP contribution is -2.38. The SMILES string of the molecule is CC(=O)c1ccccc1-c1cnc(N2CCC2)nc1.